The smallest absolute Gasteiger partial charge is 0.273 e. The van der Waals surface area contributed by atoms with Crippen LogP contribution >= 0.6 is 0 Å². The first-order chi connectivity index (χ1) is 11.1. The van der Waals surface area contributed by atoms with Crippen LogP contribution in [0.25, 0.3) is 0 Å². The summed E-state index contributed by atoms with van der Waals surface area (Å²) in [6.07, 6.45) is 0. The van der Waals surface area contributed by atoms with Gasteiger partial charge in [-0.05, 0) is 43.2 Å². The number of nitrogens with zero attached hydrogens (tertiary/aromatic N) is 1. The maximum atomic E-state index is 12.1. The van der Waals surface area contributed by atoms with Crippen LogP contribution in [0.1, 0.15) is 16.7 Å². The van der Waals surface area contributed by atoms with Crippen molar-refractivity contribution in [3.05, 3.63) is 59.2 Å². The quantitative estimate of drug-likeness (QED) is 0.681. The summed E-state index contributed by atoms with van der Waals surface area (Å²) in [7, 11) is 2.94. The zero-order chi connectivity index (χ0) is 16.8. The standard InChI is InChI=1S/C18H20N2O3/c1-12-9-10-13(2)16(11-12)23-15-8-6-5-7-14(15)17(20-22-4)18(21)19-3/h5-11H,1-4H3,(H,19,21)/b20-17+. The van der Waals surface area contributed by atoms with Crippen LogP contribution < -0.4 is 10.1 Å². The Morgan fingerprint density at radius 1 is 1.09 bits per heavy atom. The minimum absolute atomic E-state index is 0.163. The molecule has 2 rings (SSSR count). The minimum Gasteiger partial charge on any atom is -0.456 e. The number of rotatable bonds is 5. The van der Waals surface area contributed by atoms with Crippen molar-refractivity contribution in [3.8, 4) is 11.5 Å². The van der Waals surface area contributed by atoms with E-state index >= 15 is 0 Å². The predicted octanol–water partition coefficient (Wildman–Crippen LogP) is 3.19. The molecule has 5 heteroatoms. The third kappa shape index (κ3) is 3.88. The van der Waals surface area contributed by atoms with E-state index in [1.165, 1.54) is 7.11 Å². The van der Waals surface area contributed by atoms with E-state index in [9.17, 15) is 4.79 Å². The van der Waals surface area contributed by atoms with Gasteiger partial charge in [-0.2, -0.15) is 0 Å². The van der Waals surface area contributed by atoms with Gasteiger partial charge in [-0.3, -0.25) is 4.79 Å². The Morgan fingerprint density at radius 3 is 2.52 bits per heavy atom. The van der Waals surface area contributed by atoms with E-state index in [4.69, 9.17) is 9.57 Å². The number of para-hydroxylation sites is 1. The van der Waals surface area contributed by atoms with E-state index < -0.39 is 0 Å². The number of carbonyl (C=O) groups excluding carboxylic acids is 1. The number of likely N-dealkylation sites (N-methyl/N-ethyl adjacent to an activating group) is 1. The van der Waals surface area contributed by atoms with Crippen LogP contribution in [0, 0.1) is 13.8 Å². The Balaban J connectivity index is 2.46. The Bertz CT molecular complexity index is 739. The molecule has 0 aliphatic rings. The Hall–Kier alpha value is -2.82. The van der Waals surface area contributed by atoms with Crippen LogP contribution in [0.3, 0.4) is 0 Å². The minimum atomic E-state index is -0.344. The molecule has 1 amide bonds. The number of oxime groups is 1. The molecule has 0 aromatic heterocycles. The molecule has 23 heavy (non-hydrogen) atoms. The maximum Gasteiger partial charge on any atom is 0.273 e. The number of amides is 1. The Kier molecular flexibility index (Phi) is 5.36. The summed E-state index contributed by atoms with van der Waals surface area (Å²) >= 11 is 0. The first-order valence-electron chi connectivity index (χ1n) is 7.24. The highest BCUT2D eigenvalue weighted by Gasteiger charge is 2.19. The fraction of sp³-hybridized carbons (Fsp3) is 0.222. The molecular formula is C18H20N2O3. The van der Waals surface area contributed by atoms with Crippen LogP contribution in [-0.4, -0.2) is 25.8 Å². The van der Waals surface area contributed by atoms with Crippen LogP contribution in [0.15, 0.2) is 47.6 Å². The lowest BCUT2D eigenvalue weighted by Gasteiger charge is -2.14. The van der Waals surface area contributed by atoms with Crippen molar-refractivity contribution < 1.29 is 14.4 Å². The van der Waals surface area contributed by atoms with Gasteiger partial charge in [0.15, 0.2) is 5.71 Å². The van der Waals surface area contributed by atoms with E-state index in [0.717, 1.165) is 16.9 Å². The van der Waals surface area contributed by atoms with Crippen LogP contribution in [0.4, 0.5) is 0 Å². The van der Waals surface area contributed by atoms with Gasteiger partial charge in [0.1, 0.15) is 18.6 Å². The fourth-order valence-electron chi connectivity index (χ4n) is 2.11. The lowest BCUT2D eigenvalue weighted by molar-refractivity contribution is -0.114. The van der Waals surface area contributed by atoms with E-state index in [1.54, 1.807) is 19.2 Å². The molecule has 0 radical (unpaired) electrons. The summed E-state index contributed by atoms with van der Waals surface area (Å²) in [5.74, 6) is 0.940. The third-order valence-electron chi connectivity index (χ3n) is 3.33. The summed E-state index contributed by atoms with van der Waals surface area (Å²) in [5, 5.41) is 6.39. The lowest BCUT2D eigenvalue weighted by atomic mass is 10.1. The van der Waals surface area contributed by atoms with Gasteiger partial charge in [-0.15, -0.1) is 0 Å². The normalized spacial score (nSPS) is 11.0. The van der Waals surface area contributed by atoms with Crippen molar-refractivity contribution in [3.63, 3.8) is 0 Å². The van der Waals surface area contributed by atoms with E-state index in [2.05, 4.69) is 10.5 Å². The van der Waals surface area contributed by atoms with Crippen molar-refractivity contribution in [2.24, 2.45) is 5.16 Å². The summed E-state index contributed by atoms with van der Waals surface area (Å²) in [6.45, 7) is 3.97. The number of carbonyl (C=O) groups is 1. The lowest BCUT2D eigenvalue weighted by Crippen LogP contribution is -2.28. The number of ether oxygens (including phenoxy) is 1. The van der Waals surface area contributed by atoms with Gasteiger partial charge in [0.05, 0.1) is 5.56 Å². The predicted molar refractivity (Wildman–Crippen MR) is 90.0 cm³/mol. The van der Waals surface area contributed by atoms with Crippen molar-refractivity contribution in [2.75, 3.05) is 14.2 Å². The molecule has 0 aliphatic heterocycles. The molecule has 0 unspecified atom stereocenters. The number of hydrogen-bond acceptors (Lipinski definition) is 4. The first-order valence-corrected chi connectivity index (χ1v) is 7.24. The molecule has 5 nitrogen and oxygen atoms in total. The van der Waals surface area contributed by atoms with E-state index in [1.807, 2.05) is 44.2 Å². The maximum absolute atomic E-state index is 12.1. The molecule has 1 N–H and O–H groups in total. The molecule has 0 heterocycles. The number of hydrogen-bond donors (Lipinski definition) is 1. The molecule has 0 atom stereocenters. The molecule has 0 saturated heterocycles. The summed E-state index contributed by atoms with van der Waals surface area (Å²) in [4.78, 5) is 16.9. The van der Waals surface area contributed by atoms with Crippen LogP contribution in [-0.2, 0) is 9.63 Å². The SMILES string of the molecule is CNC(=O)/C(=N/OC)c1ccccc1Oc1cc(C)ccc1C. The highest BCUT2D eigenvalue weighted by molar-refractivity contribution is 6.45. The van der Waals surface area contributed by atoms with Gasteiger partial charge in [0.25, 0.3) is 5.91 Å². The van der Waals surface area contributed by atoms with Crippen molar-refractivity contribution in [2.45, 2.75) is 13.8 Å². The average Bonchev–Trinajstić information content (AvgIpc) is 2.56. The highest BCUT2D eigenvalue weighted by Crippen LogP contribution is 2.29. The topological polar surface area (TPSA) is 59.9 Å². The molecule has 0 spiro atoms. The van der Waals surface area contributed by atoms with Gasteiger partial charge in [0.2, 0.25) is 0 Å². The fourth-order valence-corrected chi connectivity index (χ4v) is 2.11. The summed E-state index contributed by atoms with van der Waals surface area (Å²) in [6, 6.07) is 13.2. The Morgan fingerprint density at radius 2 is 1.83 bits per heavy atom. The van der Waals surface area contributed by atoms with Gasteiger partial charge in [-0.25, -0.2) is 0 Å². The molecule has 0 fully saturated rings. The molecule has 2 aromatic carbocycles. The number of aryl methyl sites for hydroxylation is 2. The zero-order valence-corrected chi connectivity index (χ0v) is 13.7. The molecule has 120 valence electrons. The first kappa shape index (κ1) is 16.5. The molecule has 2 aromatic rings. The third-order valence-corrected chi connectivity index (χ3v) is 3.33. The van der Waals surface area contributed by atoms with Gasteiger partial charge < -0.3 is 14.9 Å². The van der Waals surface area contributed by atoms with Crippen molar-refractivity contribution in [1.82, 2.24) is 5.32 Å². The van der Waals surface area contributed by atoms with Crippen molar-refractivity contribution >= 4 is 11.6 Å². The van der Waals surface area contributed by atoms with Gasteiger partial charge in [0, 0.05) is 7.05 Å². The second kappa shape index (κ2) is 7.45. The van der Waals surface area contributed by atoms with Gasteiger partial charge >= 0.3 is 0 Å². The number of nitrogens with one attached hydrogen (secondary N) is 1. The van der Waals surface area contributed by atoms with Crippen molar-refractivity contribution in [1.29, 1.82) is 0 Å². The summed E-state index contributed by atoms with van der Waals surface area (Å²) < 4.78 is 6.03. The molecule has 0 saturated carbocycles. The van der Waals surface area contributed by atoms with E-state index in [0.29, 0.717) is 11.3 Å². The second-order valence-corrected chi connectivity index (χ2v) is 5.07. The summed E-state index contributed by atoms with van der Waals surface area (Å²) in [5.41, 5.74) is 2.83. The molecule has 0 aliphatic carbocycles. The number of benzene rings is 2. The van der Waals surface area contributed by atoms with Crippen LogP contribution in [0.2, 0.25) is 0 Å². The molecular weight excluding hydrogens is 292 g/mol. The molecule has 0 bridgehead atoms. The largest absolute Gasteiger partial charge is 0.456 e. The van der Waals surface area contributed by atoms with E-state index in [-0.39, 0.29) is 11.6 Å². The van der Waals surface area contributed by atoms with Gasteiger partial charge in [-0.1, -0.05) is 29.4 Å². The van der Waals surface area contributed by atoms with Crippen LogP contribution in [0.5, 0.6) is 11.5 Å². The second-order valence-electron chi connectivity index (χ2n) is 5.07. The zero-order valence-electron chi connectivity index (χ0n) is 13.7. The average molecular weight is 312 g/mol. The Labute approximate surface area is 135 Å². The highest BCUT2D eigenvalue weighted by atomic mass is 16.6. The monoisotopic (exact) mass is 312 g/mol.